The largest absolute Gasteiger partial charge is 0.354 e. The van der Waals surface area contributed by atoms with Crippen LogP contribution in [0.4, 0.5) is 0 Å². The number of carbonyl (C=O) groups is 1. The van der Waals surface area contributed by atoms with Crippen LogP contribution in [0.15, 0.2) is 12.4 Å². The standard InChI is InChI=1S/C15H26N4O/c1-13(19-10-5-3-4-6-11-19)15(20)17-8-7-14-16-9-12-18(14)2/h9,12-13H,3-8,10-11H2,1-2H3,(H,17,20)/t13-/m0/s1. The molecule has 1 fully saturated rings. The first kappa shape index (κ1) is 15.0. The maximum absolute atomic E-state index is 12.2. The Morgan fingerprint density at radius 2 is 2.05 bits per heavy atom. The van der Waals surface area contributed by atoms with Crippen LogP contribution >= 0.6 is 0 Å². The molecule has 2 heterocycles. The molecule has 1 aromatic rings. The van der Waals surface area contributed by atoms with Gasteiger partial charge in [-0.1, -0.05) is 12.8 Å². The van der Waals surface area contributed by atoms with Crippen molar-refractivity contribution in [1.29, 1.82) is 0 Å². The summed E-state index contributed by atoms with van der Waals surface area (Å²) in [6, 6.07) is -0.0190. The van der Waals surface area contributed by atoms with Crippen molar-refractivity contribution in [1.82, 2.24) is 19.8 Å². The third-order valence-corrected chi connectivity index (χ3v) is 4.14. The average molecular weight is 278 g/mol. The highest BCUT2D eigenvalue weighted by Gasteiger charge is 2.21. The molecule has 20 heavy (non-hydrogen) atoms. The fourth-order valence-corrected chi connectivity index (χ4v) is 2.73. The molecule has 5 nitrogen and oxygen atoms in total. The summed E-state index contributed by atoms with van der Waals surface area (Å²) in [5.74, 6) is 1.15. The first-order chi connectivity index (χ1) is 9.68. The molecule has 0 spiro atoms. The van der Waals surface area contributed by atoms with Gasteiger partial charge in [0, 0.05) is 32.4 Å². The molecule has 1 aliphatic heterocycles. The molecule has 0 unspecified atom stereocenters. The summed E-state index contributed by atoms with van der Waals surface area (Å²) < 4.78 is 1.99. The SMILES string of the molecule is C[C@@H](C(=O)NCCc1nccn1C)N1CCCCCC1. The van der Waals surface area contributed by atoms with Crippen molar-refractivity contribution < 1.29 is 4.79 Å². The van der Waals surface area contributed by atoms with Crippen LogP contribution in [0.2, 0.25) is 0 Å². The van der Waals surface area contributed by atoms with E-state index < -0.39 is 0 Å². The lowest BCUT2D eigenvalue weighted by Gasteiger charge is -2.26. The number of amides is 1. The van der Waals surface area contributed by atoms with Crippen molar-refractivity contribution in [2.45, 2.75) is 45.1 Å². The molecule has 1 N–H and O–H groups in total. The van der Waals surface area contributed by atoms with Crippen molar-refractivity contribution >= 4 is 5.91 Å². The fraction of sp³-hybridized carbons (Fsp3) is 0.733. The summed E-state index contributed by atoms with van der Waals surface area (Å²) in [5, 5.41) is 3.03. The second-order valence-corrected chi connectivity index (χ2v) is 5.62. The molecule has 0 aliphatic carbocycles. The fourth-order valence-electron chi connectivity index (χ4n) is 2.73. The van der Waals surface area contributed by atoms with Crippen LogP contribution in [0.1, 0.15) is 38.4 Å². The van der Waals surface area contributed by atoms with Gasteiger partial charge in [-0.05, 0) is 32.9 Å². The number of nitrogens with one attached hydrogen (secondary N) is 1. The van der Waals surface area contributed by atoms with Crippen LogP contribution in [0.25, 0.3) is 0 Å². The van der Waals surface area contributed by atoms with Crippen LogP contribution in [-0.2, 0) is 18.3 Å². The summed E-state index contributed by atoms with van der Waals surface area (Å²) in [6.45, 7) is 4.77. The minimum Gasteiger partial charge on any atom is -0.354 e. The van der Waals surface area contributed by atoms with E-state index in [0.29, 0.717) is 6.54 Å². The number of imidazole rings is 1. The molecule has 1 aromatic heterocycles. The highest BCUT2D eigenvalue weighted by molar-refractivity contribution is 5.81. The predicted octanol–water partition coefficient (Wildman–Crippen LogP) is 1.34. The summed E-state index contributed by atoms with van der Waals surface area (Å²) in [4.78, 5) is 18.8. The second kappa shape index (κ2) is 7.43. The van der Waals surface area contributed by atoms with Gasteiger partial charge in [0.25, 0.3) is 0 Å². The zero-order valence-electron chi connectivity index (χ0n) is 12.6. The van der Waals surface area contributed by atoms with Gasteiger partial charge in [0.15, 0.2) is 0 Å². The smallest absolute Gasteiger partial charge is 0.237 e. The van der Waals surface area contributed by atoms with E-state index in [9.17, 15) is 4.79 Å². The summed E-state index contributed by atoms with van der Waals surface area (Å²) >= 11 is 0. The normalized spacial score (nSPS) is 18.5. The third-order valence-electron chi connectivity index (χ3n) is 4.14. The van der Waals surface area contributed by atoms with E-state index >= 15 is 0 Å². The molecule has 2 rings (SSSR count). The van der Waals surface area contributed by atoms with Crippen molar-refractivity contribution in [3.8, 4) is 0 Å². The monoisotopic (exact) mass is 278 g/mol. The molecule has 0 saturated carbocycles. The van der Waals surface area contributed by atoms with Crippen LogP contribution in [0.5, 0.6) is 0 Å². The van der Waals surface area contributed by atoms with Crippen molar-refractivity contribution in [2.24, 2.45) is 7.05 Å². The Balaban J connectivity index is 1.74. The maximum Gasteiger partial charge on any atom is 0.237 e. The number of hydrogen-bond donors (Lipinski definition) is 1. The molecular weight excluding hydrogens is 252 g/mol. The number of carbonyl (C=O) groups excluding carboxylic acids is 1. The topological polar surface area (TPSA) is 50.2 Å². The Morgan fingerprint density at radius 3 is 2.65 bits per heavy atom. The number of likely N-dealkylation sites (tertiary alicyclic amines) is 1. The van der Waals surface area contributed by atoms with Gasteiger partial charge < -0.3 is 9.88 Å². The lowest BCUT2D eigenvalue weighted by Crippen LogP contribution is -2.46. The third kappa shape index (κ3) is 4.07. The van der Waals surface area contributed by atoms with Gasteiger partial charge >= 0.3 is 0 Å². The lowest BCUT2D eigenvalue weighted by molar-refractivity contribution is -0.125. The summed E-state index contributed by atoms with van der Waals surface area (Å²) in [6.07, 6.45) is 9.51. The molecular formula is C15H26N4O. The van der Waals surface area contributed by atoms with Gasteiger partial charge in [-0.25, -0.2) is 4.98 Å². The molecule has 1 amide bonds. The number of hydrogen-bond acceptors (Lipinski definition) is 3. The first-order valence-electron chi connectivity index (χ1n) is 7.66. The molecule has 1 atom stereocenters. The van der Waals surface area contributed by atoms with E-state index in [2.05, 4.69) is 15.2 Å². The van der Waals surface area contributed by atoms with E-state index in [0.717, 1.165) is 25.3 Å². The second-order valence-electron chi connectivity index (χ2n) is 5.62. The maximum atomic E-state index is 12.2. The Labute approximate surface area is 121 Å². The number of aromatic nitrogens is 2. The van der Waals surface area contributed by atoms with Crippen LogP contribution in [0.3, 0.4) is 0 Å². The highest BCUT2D eigenvalue weighted by Crippen LogP contribution is 2.12. The van der Waals surface area contributed by atoms with Crippen molar-refractivity contribution in [3.05, 3.63) is 18.2 Å². The van der Waals surface area contributed by atoms with Gasteiger partial charge in [-0.3, -0.25) is 9.69 Å². The molecule has 0 radical (unpaired) electrons. The van der Waals surface area contributed by atoms with Gasteiger partial charge in [-0.2, -0.15) is 0 Å². The Kier molecular flexibility index (Phi) is 5.59. The van der Waals surface area contributed by atoms with Crippen LogP contribution < -0.4 is 5.32 Å². The average Bonchev–Trinajstić information content (AvgIpc) is 2.70. The van der Waals surface area contributed by atoms with Gasteiger partial charge in [0.2, 0.25) is 5.91 Å². The number of nitrogens with zero attached hydrogens (tertiary/aromatic N) is 3. The summed E-state index contributed by atoms with van der Waals surface area (Å²) in [5.41, 5.74) is 0. The number of aryl methyl sites for hydroxylation is 1. The molecule has 1 aliphatic rings. The highest BCUT2D eigenvalue weighted by atomic mass is 16.2. The van der Waals surface area contributed by atoms with Crippen molar-refractivity contribution in [2.75, 3.05) is 19.6 Å². The molecule has 5 heteroatoms. The molecule has 0 aromatic carbocycles. The zero-order chi connectivity index (χ0) is 14.4. The van der Waals surface area contributed by atoms with E-state index in [4.69, 9.17) is 0 Å². The zero-order valence-corrected chi connectivity index (χ0v) is 12.6. The van der Waals surface area contributed by atoms with E-state index in [1.807, 2.05) is 24.7 Å². The Morgan fingerprint density at radius 1 is 1.35 bits per heavy atom. The minimum absolute atomic E-state index is 0.0190. The molecule has 112 valence electrons. The van der Waals surface area contributed by atoms with Crippen molar-refractivity contribution in [3.63, 3.8) is 0 Å². The van der Waals surface area contributed by atoms with E-state index in [-0.39, 0.29) is 11.9 Å². The van der Waals surface area contributed by atoms with Gasteiger partial charge in [0.1, 0.15) is 5.82 Å². The Bertz CT molecular complexity index is 421. The first-order valence-corrected chi connectivity index (χ1v) is 7.66. The van der Waals surface area contributed by atoms with Gasteiger partial charge in [0.05, 0.1) is 6.04 Å². The number of rotatable bonds is 5. The molecule has 0 bridgehead atoms. The van der Waals surface area contributed by atoms with E-state index in [1.54, 1.807) is 6.20 Å². The van der Waals surface area contributed by atoms with E-state index in [1.165, 1.54) is 25.7 Å². The lowest BCUT2D eigenvalue weighted by atomic mass is 10.2. The van der Waals surface area contributed by atoms with Gasteiger partial charge in [-0.15, -0.1) is 0 Å². The quantitative estimate of drug-likeness (QED) is 0.884. The minimum atomic E-state index is -0.0190. The summed E-state index contributed by atoms with van der Waals surface area (Å²) in [7, 11) is 1.98. The predicted molar refractivity (Wildman–Crippen MR) is 79.4 cm³/mol. The molecule has 1 saturated heterocycles. The van der Waals surface area contributed by atoms with Crippen LogP contribution in [-0.4, -0.2) is 46.0 Å². The van der Waals surface area contributed by atoms with Crippen LogP contribution in [0, 0.1) is 0 Å². The Hall–Kier alpha value is -1.36.